The van der Waals surface area contributed by atoms with Crippen molar-refractivity contribution in [3.8, 4) is 0 Å². The molecule has 0 saturated carbocycles. The molecule has 1 N–H and O–H groups in total. The van der Waals surface area contributed by atoms with Gasteiger partial charge in [-0.15, -0.1) is 0 Å². The summed E-state index contributed by atoms with van der Waals surface area (Å²) in [7, 11) is 0. The molecule has 0 aliphatic rings. The molecule has 0 fully saturated rings. The summed E-state index contributed by atoms with van der Waals surface area (Å²) in [6, 6.07) is 0.206. The Hall–Kier alpha value is -1.52. The van der Waals surface area contributed by atoms with Crippen LogP contribution in [0, 0.1) is 0 Å². The molecular weight excluding hydrogens is 206 g/mol. The molecule has 0 aliphatic carbocycles. The van der Waals surface area contributed by atoms with E-state index >= 15 is 0 Å². The predicted molar refractivity (Wildman–Crippen MR) is 62.4 cm³/mol. The van der Waals surface area contributed by atoms with E-state index in [2.05, 4.69) is 5.32 Å². The van der Waals surface area contributed by atoms with Gasteiger partial charge in [0.1, 0.15) is 6.54 Å². The third-order valence-electron chi connectivity index (χ3n) is 2.19. The Kier molecular flexibility index (Phi) is 3.93. The second kappa shape index (κ2) is 5.01. The largest absolute Gasteiger partial charge is 0.352 e. The monoisotopic (exact) mass is 225 g/mol. The van der Waals surface area contributed by atoms with Gasteiger partial charge < -0.3 is 5.32 Å². The SMILES string of the molecule is CC(C)NC(=O)Cn1ccn(C(C)C)c1=O. The number of imidazole rings is 1. The van der Waals surface area contributed by atoms with Crippen molar-refractivity contribution < 1.29 is 4.79 Å². The first-order chi connectivity index (χ1) is 7.41. The minimum Gasteiger partial charge on any atom is -0.352 e. The first-order valence-electron chi connectivity index (χ1n) is 5.48. The fraction of sp³-hybridized carbons (Fsp3) is 0.636. The number of carbonyl (C=O) groups is 1. The van der Waals surface area contributed by atoms with E-state index < -0.39 is 0 Å². The molecule has 1 heterocycles. The summed E-state index contributed by atoms with van der Waals surface area (Å²) in [5.41, 5.74) is -0.145. The lowest BCUT2D eigenvalue weighted by molar-refractivity contribution is -0.122. The summed E-state index contributed by atoms with van der Waals surface area (Å²) in [6.45, 7) is 7.72. The van der Waals surface area contributed by atoms with E-state index in [1.807, 2.05) is 27.7 Å². The van der Waals surface area contributed by atoms with Gasteiger partial charge in [0.05, 0.1) is 0 Å². The number of hydrogen-bond acceptors (Lipinski definition) is 2. The summed E-state index contributed by atoms with van der Waals surface area (Å²) in [5, 5.41) is 2.75. The first kappa shape index (κ1) is 12.5. The molecule has 0 aliphatic heterocycles. The maximum absolute atomic E-state index is 11.8. The molecule has 90 valence electrons. The van der Waals surface area contributed by atoms with E-state index in [0.717, 1.165) is 0 Å². The molecule has 0 saturated heterocycles. The summed E-state index contributed by atoms with van der Waals surface area (Å²) >= 11 is 0. The van der Waals surface area contributed by atoms with Crippen molar-refractivity contribution in [3.63, 3.8) is 0 Å². The van der Waals surface area contributed by atoms with Crippen molar-refractivity contribution >= 4 is 5.91 Å². The van der Waals surface area contributed by atoms with Gasteiger partial charge in [-0.2, -0.15) is 0 Å². The Balaban J connectivity index is 2.76. The van der Waals surface area contributed by atoms with Crippen molar-refractivity contribution in [1.29, 1.82) is 0 Å². The van der Waals surface area contributed by atoms with Crippen LogP contribution in [0.3, 0.4) is 0 Å². The van der Waals surface area contributed by atoms with Crippen LogP contribution in [0.2, 0.25) is 0 Å². The Bertz CT molecular complexity index is 415. The molecule has 0 aromatic carbocycles. The maximum Gasteiger partial charge on any atom is 0.328 e. The van der Waals surface area contributed by atoms with E-state index in [4.69, 9.17) is 0 Å². The third kappa shape index (κ3) is 2.98. The fourth-order valence-corrected chi connectivity index (χ4v) is 1.46. The van der Waals surface area contributed by atoms with Crippen LogP contribution >= 0.6 is 0 Å². The van der Waals surface area contributed by atoms with Crippen molar-refractivity contribution in [1.82, 2.24) is 14.5 Å². The molecule has 0 spiro atoms. The van der Waals surface area contributed by atoms with Gasteiger partial charge in [0.15, 0.2) is 0 Å². The van der Waals surface area contributed by atoms with Crippen LogP contribution in [0.25, 0.3) is 0 Å². The number of nitrogens with one attached hydrogen (secondary N) is 1. The summed E-state index contributed by atoms with van der Waals surface area (Å²) in [5.74, 6) is -0.140. The highest BCUT2D eigenvalue weighted by molar-refractivity contribution is 5.75. The van der Waals surface area contributed by atoms with Gasteiger partial charge in [-0.25, -0.2) is 4.79 Å². The van der Waals surface area contributed by atoms with Gasteiger partial charge >= 0.3 is 5.69 Å². The Morgan fingerprint density at radius 2 is 1.94 bits per heavy atom. The van der Waals surface area contributed by atoms with Crippen LogP contribution in [-0.4, -0.2) is 21.1 Å². The standard InChI is InChI=1S/C11H19N3O2/c1-8(2)12-10(15)7-13-5-6-14(9(3)4)11(13)16/h5-6,8-9H,7H2,1-4H3,(H,12,15). The molecule has 0 bridgehead atoms. The van der Waals surface area contributed by atoms with E-state index in [1.165, 1.54) is 4.57 Å². The second-order valence-electron chi connectivity index (χ2n) is 4.43. The fourth-order valence-electron chi connectivity index (χ4n) is 1.46. The minimum atomic E-state index is -0.145. The van der Waals surface area contributed by atoms with Gasteiger partial charge in [-0.1, -0.05) is 0 Å². The molecule has 5 nitrogen and oxygen atoms in total. The summed E-state index contributed by atoms with van der Waals surface area (Å²) in [6.07, 6.45) is 3.35. The molecule has 16 heavy (non-hydrogen) atoms. The summed E-state index contributed by atoms with van der Waals surface area (Å²) in [4.78, 5) is 23.3. The first-order valence-corrected chi connectivity index (χ1v) is 5.48. The second-order valence-corrected chi connectivity index (χ2v) is 4.43. The van der Waals surface area contributed by atoms with Crippen LogP contribution in [0.5, 0.6) is 0 Å². The van der Waals surface area contributed by atoms with Crippen LogP contribution in [0.15, 0.2) is 17.2 Å². The predicted octanol–water partition coefficient (Wildman–Crippen LogP) is 0.755. The lowest BCUT2D eigenvalue weighted by Crippen LogP contribution is -2.36. The zero-order chi connectivity index (χ0) is 12.3. The highest BCUT2D eigenvalue weighted by Crippen LogP contribution is 1.98. The maximum atomic E-state index is 11.8. The minimum absolute atomic E-state index is 0.0801. The number of rotatable bonds is 4. The molecule has 0 unspecified atom stereocenters. The lowest BCUT2D eigenvalue weighted by atomic mass is 10.4. The molecule has 0 radical (unpaired) electrons. The van der Waals surface area contributed by atoms with Gasteiger partial charge in [0.25, 0.3) is 0 Å². The Labute approximate surface area is 95.1 Å². The van der Waals surface area contributed by atoms with Crippen LogP contribution in [0.4, 0.5) is 0 Å². The lowest BCUT2D eigenvalue weighted by Gasteiger charge is -2.08. The quantitative estimate of drug-likeness (QED) is 0.822. The number of carbonyl (C=O) groups excluding carboxylic acids is 1. The van der Waals surface area contributed by atoms with Crippen molar-refractivity contribution in [3.05, 3.63) is 22.9 Å². The number of aromatic nitrogens is 2. The van der Waals surface area contributed by atoms with Crippen LogP contribution < -0.4 is 11.0 Å². The normalized spacial score (nSPS) is 11.1. The van der Waals surface area contributed by atoms with Crippen molar-refractivity contribution in [2.75, 3.05) is 0 Å². The highest BCUT2D eigenvalue weighted by atomic mass is 16.2. The highest BCUT2D eigenvalue weighted by Gasteiger charge is 2.09. The van der Waals surface area contributed by atoms with Crippen LogP contribution in [0.1, 0.15) is 33.7 Å². The Morgan fingerprint density at radius 3 is 2.38 bits per heavy atom. The van der Waals surface area contributed by atoms with E-state index in [-0.39, 0.29) is 30.2 Å². The molecular formula is C11H19N3O2. The van der Waals surface area contributed by atoms with Crippen molar-refractivity contribution in [2.24, 2.45) is 0 Å². The van der Waals surface area contributed by atoms with Gasteiger partial charge in [-0.3, -0.25) is 13.9 Å². The van der Waals surface area contributed by atoms with Crippen molar-refractivity contribution in [2.45, 2.75) is 46.3 Å². The number of nitrogens with zero attached hydrogens (tertiary/aromatic N) is 2. The number of amides is 1. The molecule has 0 atom stereocenters. The molecule has 1 aromatic rings. The molecule has 1 aromatic heterocycles. The third-order valence-corrected chi connectivity index (χ3v) is 2.19. The average Bonchev–Trinajstić information content (AvgIpc) is 2.46. The smallest absolute Gasteiger partial charge is 0.328 e. The summed E-state index contributed by atoms with van der Waals surface area (Å²) < 4.78 is 3.01. The van der Waals surface area contributed by atoms with Gasteiger partial charge in [-0.05, 0) is 27.7 Å². The zero-order valence-electron chi connectivity index (χ0n) is 10.2. The molecule has 1 amide bonds. The van der Waals surface area contributed by atoms with E-state index in [9.17, 15) is 9.59 Å². The van der Waals surface area contributed by atoms with Gasteiger partial charge in [0, 0.05) is 24.5 Å². The molecule has 5 heteroatoms. The van der Waals surface area contributed by atoms with E-state index in [0.29, 0.717) is 0 Å². The van der Waals surface area contributed by atoms with Crippen LogP contribution in [-0.2, 0) is 11.3 Å². The number of hydrogen-bond donors (Lipinski definition) is 1. The zero-order valence-corrected chi connectivity index (χ0v) is 10.2. The Morgan fingerprint density at radius 1 is 1.31 bits per heavy atom. The average molecular weight is 225 g/mol. The topological polar surface area (TPSA) is 56.0 Å². The van der Waals surface area contributed by atoms with Gasteiger partial charge in [0.2, 0.25) is 5.91 Å². The van der Waals surface area contributed by atoms with E-state index in [1.54, 1.807) is 17.0 Å². The molecule has 1 rings (SSSR count).